The third-order valence-corrected chi connectivity index (χ3v) is 5.59. The quantitative estimate of drug-likeness (QED) is 0.148. The van der Waals surface area contributed by atoms with E-state index in [1.807, 2.05) is 13.8 Å². The maximum absolute atomic E-state index is 12.6. The van der Waals surface area contributed by atoms with Gasteiger partial charge in [0.05, 0.1) is 6.42 Å². The highest BCUT2D eigenvalue weighted by Gasteiger charge is 2.22. The first-order valence-electron chi connectivity index (χ1n) is 10.1. The molecule has 0 bridgehead atoms. The molecule has 0 aliphatic heterocycles. The molecule has 10 heteroatoms. The van der Waals surface area contributed by atoms with Crippen LogP contribution in [0.15, 0.2) is 53.1 Å². The summed E-state index contributed by atoms with van der Waals surface area (Å²) in [6, 6.07) is 12.5. The van der Waals surface area contributed by atoms with E-state index in [4.69, 9.17) is 27.4 Å². The van der Waals surface area contributed by atoms with E-state index >= 15 is 0 Å². The number of ether oxygens (including phenoxy) is 2. The summed E-state index contributed by atoms with van der Waals surface area (Å²) < 4.78 is 13.0. The number of nitroso groups, excluding NO2 is 1. The molecular formula is C23H24N2O6S2. The highest BCUT2D eigenvalue weighted by Crippen LogP contribution is 2.30. The predicted octanol–water partition coefficient (Wildman–Crippen LogP) is 4.77. The fraction of sp³-hybridized carbons (Fsp3) is 0.304. The van der Waals surface area contributed by atoms with Crippen molar-refractivity contribution in [2.24, 2.45) is 10.3 Å². The van der Waals surface area contributed by atoms with Gasteiger partial charge in [0, 0.05) is 39.7 Å². The van der Waals surface area contributed by atoms with Gasteiger partial charge in [-0.15, -0.1) is 4.91 Å². The van der Waals surface area contributed by atoms with Crippen molar-refractivity contribution < 1.29 is 23.9 Å². The summed E-state index contributed by atoms with van der Waals surface area (Å²) >= 11 is 5.77. The highest BCUT2D eigenvalue weighted by atomic mass is 32.2. The Hall–Kier alpha value is -3.11. The number of hydrogen-bond donors (Lipinski definition) is 1. The minimum Gasteiger partial charge on any atom is -0.426 e. The number of hydrogen-bond acceptors (Lipinski definition) is 9. The first-order chi connectivity index (χ1) is 15.6. The van der Waals surface area contributed by atoms with E-state index in [1.54, 1.807) is 36.4 Å². The number of para-hydroxylation sites is 1. The molecule has 2 aromatic carbocycles. The summed E-state index contributed by atoms with van der Waals surface area (Å²) in [5, 5.41) is 0. The van der Waals surface area contributed by atoms with Gasteiger partial charge in [0.25, 0.3) is 0 Å². The second-order valence-corrected chi connectivity index (χ2v) is 9.59. The van der Waals surface area contributed by atoms with Crippen molar-refractivity contribution in [1.29, 1.82) is 0 Å². The molecule has 0 atom stereocenters. The summed E-state index contributed by atoms with van der Waals surface area (Å²) in [5.74, 6) is -1.17. The smallest absolute Gasteiger partial charge is 0.347 e. The largest absolute Gasteiger partial charge is 0.426 e. The van der Waals surface area contributed by atoms with Crippen LogP contribution in [0.2, 0.25) is 0 Å². The normalized spacial score (nSPS) is 10.8. The Balaban J connectivity index is 1.93. The average molecular weight is 489 g/mol. The minimum atomic E-state index is -0.707. The fourth-order valence-electron chi connectivity index (χ4n) is 2.70. The number of nitrogens with zero attached hydrogens (tertiary/aromatic N) is 1. The van der Waals surface area contributed by atoms with Gasteiger partial charge in [0.1, 0.15) is 27.8 Å². The van der Waals surface area contributed by atoms with Crippen molar-refractivity contribution in [3.63, 3.8) is 0 Å². The second-order valence-electron chi connectivity index (χ2n) is 7.71. The van der Waals surface area contributed by atoms with Gasteiger partial charge in [0.2, 0.25) is 0 Å². The summed E-state index contributed by atoms with van der Waals surface area (Å²) in [6.45, 7) is 3.63. The van der Waals surface area contributed by atoms with E-state index in [-0.39, 0.29) is 47.1 Å². The third-order valence-electron chi connectivity index (χ3n) is 4.58. The molecule has 33 heavy (non-hydrogen) atoms. The molecule has 0 spiro atoms. The summed E-state index contributed by atoms with van der Waals surface area (Å²) in [5.41, 5.74) is 6.25. The molecule has 8 nitrogen and oxygen atoms in total. The van der Waals surface area contributed by atoms with Crippen molar-refractivity contribution >= 4 is 46.9 Å². The Kier molecular flexibility index (Phi) is 9.68. The summed E-state index contributed by atoms with van der Waals surface area (Å²) in [4.78, 5) is 47.5. The zero-order chi connectivity index (χ0) is 24.4. The maximum Gasteiger partial charge on any atom is 0.347 e. The lowest BCUT2D eigenvalue weighted by molar-refractivity contribution is -0.136. The number of thiocarbonyl (C=S) groups is 1. The lowest BCUT2D eigenvalue weighted by Crippen LogP contribution is -2.17. The molecule has 2 rings (SSSR count). The first-order valence-corrected chi connectivity index (χ1v) is 11.2. The number of benzene rings is 2. The van der Waals surface area contributed by atoms with Gasteiger partial charge in [-0.2, -0.15) is 0 Å². The van der Waals surface area contributed by atoms with Crippen LogP contribution in [-0.2, 0) is 9.59 Å². The van der Waals surface area contributed by atoms with Crippen LogP contribution in [0.25, 0.3) is 0 Å². The molecule has 0 aromatic heterocycles. The molecule has 0 heterocycles. The van der Waals surface area contributed by atoms with Gasteiger partial charge >= 0.3 is 11.9 Å². The number of nitrogens with two attached hydrogens (primary N) is 1. The minimum absolute atomic E-state index is 0.00390. The van der Waals surface area contributed by atoms with Crippen LogP contribution in [0.3, 0.4) is 0 Å². The van der Waals surface area contributed by atoms with Crippen LogP contribution in [-0.4, -0.2) is 27.5 Å². The molecule has 0 saturated carbocycles. The van der Waals surface area contributed by atoms with Crippen LogP contribution in [0.4, 0.5) is 0 Å². The molecular weight excluding hydrogens is 464 g/mol. The number of carbonyl (C=O) groups excluding carboxylic acids is 3. The maximum atomic E-state index is 12.6. The van der Waals surface area contributed by atoms with E-state index < -0.39 is 16.7 Å². The van der Waals surface area contributed by atoms with Crippen molar-refractivity contribution in [2.75, 3.05) is 0 Å². The molecule has 0 fully saturated rings. The first kappa shape index (κ1) is 26.1. The van der Waals surface area contributed by atoms with Gasteiger partial charge in [-0.1, -0.05) is 24.4 Å². The standard InChI is InChI=1S/C23H24N2O6S2/c1-23(2,33-25-29)14-13-16(26)9-12-20(27)31-19-6-4-3-5-18(19)22(28)30-17-10-7-15(8-11-17)21(24)32/h3-8,10-11H,9,12-14H2,1-2H3,(H2,24,32). The number of ketones is 1. The second kappa shape index (κ2) is 12.2. The molecule has 174 valence electrons. The van der Waals surface area contributed by atoms with E-state index in [0.29, 0.717) is 12.0 Å². The fourth-order valence-corrected chi connectivity index (χ4v) is 3.23. The Morgan fingerprint density at radius 1 is 1.00 bits per heavy atom. The molecule has 2 N–H and O–H groups in total. The Bertz CT molecular complexity index is 1040. The van der Waals surface area contributed by atoms with Crippen LogP contribution in [0.5, 0.6) is 11.5 Å². The van der Waals surface area contributed by atoms with Gasteiger partial charge in [0.15, 0.2) is 0 Å². The Morgan fingerprint density at radius 2 is 1.67 bits per heavy atom. The van der Waals surface area contributed by atoms with E-state index in [0.717, 1.165) is 11.9 Å². The Morgan fingerprint density at radius 3 is 2.30 bits per heavy atom. The summed E-state index contributed by atoms with van der Waals surface area (Å²) in [7, 11) is 0. The summed E-state index contributed by atoms with van der Waals surface area (Å²) in [6.07, 6.45) is 0.543. The highest BCUT2D eigenvalue weighted by molar-refractivity contribution is 7.99. The third kappa shape index (κ3) is 8.74. The number of carbonyl (C=O) groups is 3. The molecule has 0 saturated heterocycles. The van der Waals surface area contributed by atoms with Crippen molar-refractivity contribution in [3.8, 4) is 11.5 Å². The zero-order valence-corrected chi connectivity index (χ0v) is 19.9. The van der Waals surface area contributed by atoms with Crippen LogP contribution in [0.1, 0.15) is 55.5 Å². The molecule has 2 aromatic rings. The molecule has 0 aliphatic rings. The molecule has 0 aliphatic carbocycles. The average Bonchev–Trinajstić information content (AvgIpc) is 2.77. The lowest BCUT2D eigenvalue weighted by Gasteiger charge is -2.18. The number of rotatable bonds is 12. The monoisotopic (exact) mass is 488 g/mol. The van der Waals surface area contributed by atoms with Gasteiger partial charge < -0.3 is 15.2 Å². The molecule has 0 radical (unpaired) electrons. The lowest BCUT2D eigenvalue weighted by atomic mass is 10.0. The molecule has 0 unspecified atom stereocenters. The van der Waals surface area contributed by atoms with Crippen molar-refractivity contribution in [3.05, 3.63) is 64.6 Å². The number of esters is 2. The van der Waals surface area contributed by atoms with E-state index in [9.17, 15) is 19.3 Å². The van der Waals surface area contributed by atoms with Crippen LogP contribution < -0.4 is 15.2 Å². The predicted molar refractivity (Wildman–Crippen MR) is 130 cm³/mol. The Labute approximate surface area is 201 Å². The van der Waals surface area contributed by atoms with Crippen LogP contribution in [0, 0.1) is 4.91 Å². The number of Topliss-reactive ketones (excluding diaryl/α,β-unsaturated/α-hetero) is 1. The SMILES string of the molecule is CC(C)(CCC(=O)CCC(=O)Oc1ccccc1C(=O)Oc1ccc(C(N)=S)cc1)SN=O. The van der Waals surface area contributed by atoms with Crippen molar-refractivity contribution in [1.82, 2.24) is 0 Å². The van der Waals surface area contributed by atoms with E-state index in [1.165, 1.54) is 12.1 Å². The van der Waals surface area contributed by atoms with Gasteiger partial charge in [-0.25, -0.2) is 4.79 Å². The molecule has 0 amide bonds. The van der Waals surface area contributed by atoms with Gasteiger partial charge in [-0.05, 0) is 56.7 Å². The zero-order valence-electron chi connectivity index (χ0n) is 18.2. The van der Waals surface area contributed by atoms with E-state index in [2.05, 4.69) is 4.58 Å². The van der Waals surface area contributed by atoms with Crippen molar-refractivity contribution in [2.45, 2.75) is 44.3 Å². The topological polar surface area (TPSA) is 125 Å². The van der Waals surface area contributed by atoms with Gasteiger partial charge in [-0.3, -0.25) is 9.59 Å². The van der Waals surface area contributed by atoms with Crippen LogP contribution >= 0.6 is 24.2 Å².